The van der Waals surface area contributed by atoms with E-state index >= 15 is 0 Å². The van der Waals surface area contributed by atoms with Crippen LogP contribution in [0.4, 0.5) is 4.39 Å². The number of guanidine groups is 1. The Kier molecular flexibility index (Phi) is 11.1. The van der Waals surface area contributed by atoms with Crippen LogP contribution in [0.5, 0.6) is 5.75 Å². The van der Waals surface area contributed by atoms with Gasteiger partial charge in [0.2, 0.25) is 0 Å². The van der Waals surface area contributed by atoms with Gasteiger partial charge in [0.05, 0.1) is 7.11 Å². The number of hydrogen-bond acceptors (Lipinski definition) is 3. The maximum atomic E-state index is 13.9. The van der Waals surface area contributed by atoms with E-state index in [0.29, 0.717) is 18.4 Å². The van der Waals surface area contributed by atoms with Crippen molar-refractivity contribution in [3.8, 4) is 5.75 Å². The topological polar surface area (TPSA) is 40.1 Å². The fourth-order valence-corrected chi connectivity index (χ4v) is 3.78. The molecule has 0 bridgehead atoms. The van der Waals surface area contributed by atoms with Crippen LogP contribution in [0.25, 0.3) is 0 Å². The Morgan fingerprint density at radius 3 is 2.79 bits per heavy atom. The molecule has 28 heavy (non-hydrogen) atoms. The summed E-state index contributed by atoms with van der Waals surface area (Å²) in [6.45, 7) is 9.60. The van der Waals surface area contributed by atoms with Crippen LogP contribution in [-0.4, -0.2) is 63.1 Å². The molecule has 1 saturated heterocycles. The van der Waals surface area contributed by atoms with Crippen LogP contribution in [0.1, 0.15) is 32.3 Å². The number of methoxy groups -OCH3 is 1. The number of nitrogens with zero attached hydrogens (tertiary/aromatic N) is 3. The lowest BCUT2D eigenvalue weighted by molar-refractivity contribution is 0.159. The summed E-state index contributed by atoms with van der Waals surface area (Å²) >= 11 is 0. The highest BCUT2D eigenvalue weighted by Gasteiger charge is 2.21. The first kappa shape index (κ1) is 24.9. The molecule has 1 N–H and O–H groups in total. The van der Waals surface area contributed by atoms with Gasteiger partial charge in [-0.2, -0.15) is 0 Å². The molecule has 0 spiro atoms. The number of nitrogens with one attached hydrogen (secondary N) is 1. The zero-order valence-corrected chi connectivity index (χ0v) is 20.2. The van der Waals surface area contributed by atoms with Gasteiger partial charge in [-0.05, 0) is 48.9 Å². The third-order valence-electron chi connectivity index (χ3n) is 4.98. The van der Waals surface area contributed by atoms with Gasteiger partial charge in [-0.15, -0.1) is 24.0 Å². The van der Waals surface area contributed by atoms with Crippen LogP contribution < -0.4 is 10.1 Å². The lowest BCUT2D eigenvalue weighted by Crippen LogP contribution is -2.45. The number of benzene rings is 1. The van der Waals surface area contributed by atoms with Gasteiger partial charge in [0, 0.05) is 40.3 Å². The Morgan fingerprint density at radius 1 is 1.43 bits per heavy atom. The third-order valence-corrected chi connectivity index (χ3v) is 4.98. The maximum absolute atomic E-state index is 13.9. The predicted octanol–water partition coefficient (Wildman–Crippen LogP) is 3.83. The highest BCUT2D eigenvalue weighted by molar-refractivity contribution is 14.0. The van der Waals surface area contributed by atoms with Gasteiger partial charge in [0.15, 0.2) is 17.5 Å². The van der Waals surface area contributed by atoms with Crippen molar-refractivity contribution in [3.05, 3.63) is 29.6 Å². The quantitative estimate of drug-likeness (QED) is 0.347. The molecule has 1 heterocycles. The summed E-state index contributed by atoms with van der Waals surface area (Å²) in [4.78, 5) is 8.99. The molecule has 1 unspecified atom stereocenters. The first-order chi connectivity index (χ1) is 12.9. The van der Waals surface area contributed by atoms with Crippen molar-refractivity contribution >= 4 is 29.9 Å². The molecular weight excluding hydrogens is 470 g/mol. The lowest BCUT2D eigenvalue weighted by Gasteiger charge is -2.34. The Labute approximate surface area is 186 Å². The number of rotatable bonds is 7. The van der Waals surface area contributed by atoms with Crippen LogP contribution in [0.2, 0.25) is 0 Å². The van der Waals surface area contributed by atoms with E-state index in [4.69, 9.17) is 4.74 Å². The summed E-state index contributed by atoms with van der Waals surface area (Å²) in [6.07, 6.45) is 2.52. The summed E-state index contributed by atoms with van der Waals surface area (Å²) in [6, 6.07) is 5.07. The van der Waals surface area contributed by atoms with Crippen LogP contribution in [0.15, 0.2) is 23.2 Å². The van der Waals surface area contributed by atoms with Gasteiger partial charge in [-0.1, -0.05) is 19.9 Å². The highest BCUT2D eigenvalue weighted by Crippen LogP contribution is 2.19. The average Bonchev–Trinajstić information content (AvgIpc) is 2.62. The van der Waals surface area contributed by atoms with E-state index in [0.717, 1.165) is 24.6 Å². The van der Waals surface area contributed by atoms with Crippen molar-refractivity contribution in [1.82, 2.24) is 15.1 Å². The molecule has 1 aliphatic heterocycles. The molecule has 1 aromatic rings. The first-order valence-electron chi connectivity index (χ1n) is 9.89. The molecule has 1 aliphatic rings. The third kappa shape index (κ3) is 7.73. The summed E-state index contributed by atoms with van der Waals surface area (Å²) in [5.41, 5.74) is 0.888. The minimum absolute atomic E-state index is 0. The van der Waals surface area contributed by atoms with E-state index in [2.05, 4.69) is 29.1 Å². The van der Waals surface area contributed by atoms with Crippen molar-refractivity contribution < 1.29 is 9.13 Å². The molecule has 7 heteroatoms. The molecule has 0 radical (unpaired) electrons. The van der Waals surface area contributed by atoms with E-state index in [1.54, 1.807) is 13.1 Å². The predicted molar refractivity (Wildman–Crippen MR) is 125 cm³/mol. The smallest absolute Gasteiger partial charge is 0.193 e. The van der Waals surface area contributed by atoms with Gasteiger partial charge in [-0.25, -0.2) is 4.39 Å². The van der Waals surface area contributed by atoms with Gasteiger partial charge in [-0.3, -0.25) is 4.99 Å². The molecule has 5 nitrogen and oxygen atoms in total. The van der Waals surface area contributed by atoms with Crippen molar-refractivity contribution in [2.24, 2.45) is 16.8 Å². The van der Waals surface area contributed by atoms with Crippen LogP contribution >= 0.6 is 24.0 Å². The van der Waals surface area contributed by atoms with Crippen molar-refractivity contribution in [1.29, 1.82) is 0 Å². The summed E-state index contributed by atoms with van der Waals surface area (Å²) in [5, 5.41) is 3.50. The molecule has 160 valence electrons. The Morgan fingerprint density at radius 2 is 2.18 bits per heavy atom. The largest absolute Gasteiger partial charge is 0.494 e. The maximum Gasteiger partial charge on any atom is 0.193 e. The SMILES string of the molecule is CN=C(NCC1CCCN(CC(C)C)C1)N(C)Cc1ccc(OC)c(F)c1.I. The van der Waals surface area contributed by atoms with E-state index in [9.17, 15) is 4.39 Å². The molecule has 0 saturated carbocycles. The Bertz CT molecular complexity index is 626. The standard InChI is InChI=1S/C21H35FN4O.HI/c1-16(2)13-26-10-6-7-18(15-26)12-24-21(23-3)25(4)14-17-8-9-20(27-5)19(22)11-17;/h8-9,11,16,18H,6-7,10,12-15H2,1-5H3,(H,23,24);1H. The molecular formula is C21H36FIN4O. The average molecular weight is 506 g/mol. The summed E-state index contributed by atoms with van der Waals surface area (Å²) in [5.74, 6) is 2.12. The van der Waals surface area contributed by atoms with Crippen LogP contribution in [0, 0.1) is 17.7 Å². The van der Waals surface area contributed by atoms with Gasteiger partial charge >= 0.3 is 0 Å². The fraction of sp³-hybridized carbons (Fsp3) is 0.667. The van der Waals surface area contributed by atoms with Crippen molar-refractivity contribution in [2.75, 3.05) is 47.4 Å². The molecule has 0 amide bonds. The number of piperidine rings is 1. The first-order valence-corrected chi connectivity index (χ1v) is 9.89. The Balaban J connectivity index is 0.00000392. The number of aliphatic imine (C=N–C) groups is 1. The van der Waals surface area contributed by atoms with E-state index in [1.807, 2.05) is 18.0 Å². The fourth-order valence-electron chi connectivity index (χ4n) is 3.78. The number of likely N-dealkylation sites (tertiary alicyclic amines) is 1. The van der Waals surface area contributed by atoms with Crippen molar-refractivity contribution in [3.63, 3.8) is 0 Å². The number of hydrogen-bond donors (Lipinski definition) is 1. The molecule has 2 rings (SSSR count). The van der Waals surface area contributed by atoms with Crippen LogP contribution in [-0.2, 0) is 6.54 Å². The second kappa shape index (κ2) is 12.5. The van der Waals surface area contributed by atoms with Gasteiger partial charge < -0.3 is 19.9 Å². The van der Waals surface area contributed by atoms with E-state index < -0.39 is 0 Å². The number of halogens is 2. The van der Waals surface area contributed by atoms with Gasteiger partial charge in [0.1, 0.15) is 0 Å². The van der Waals surface area contributed by atoms with Gasteiger partial charge in [0.25, 0.3) is 0 Å². The van der Waals surface area contributed by atoms with E-state index in [1.165, 1.54) is 39.1 Å². The second-order valence-electron chi connectivity index (χ2n) is 7.91. The molecule has 1 atom stereocenters. The van der Waals surface area contributed by atoms with Crippen LogP contribution in [0.3, 0.4) is 0 Å². The minimum atomic E-state index is -0.334. The second-order valence-corrected chi connectivity index (χ2v) is 7.91. The molecule has 0 aliphatic carbocycles. The number of ether oxygens (including phenoxy) is 1. The molecule has 1 fully saturated rings. The zero-order chi connectivity index (χ0) is 19.8. The zero-order valence-electron chi connectivity index (χ0n) is 17.9. The summed E-state index contributed by atoms with van der Waals surface area (Å²) in [7, 11) is 5.24. The molecule has 0 aromatic heterocycles. The van der Waals surface area contributed by atoms with E-state index in [-0.39, 0.29) is 35.5 Å². The lowest BCUT2D eigenvalue weighted by atomic mass is 9.97. The minimum Gasteiger partial charge on any atom is -0.494 e. The Hall–Kier alpha value is -1.09. The monoisotopic (exact) mass is 506 g/mol. The normalized spacial score (nSPS) is 18.0. The van der Waals surface area contributed by atoms with Crippen molar-refractivity contribution in [2.45, 2.75) is 33.2 Å². The summed E-state index contributed by atoms with van der Waals surface area (Å²) < 4.78 is 18.9. The highest BCUT2D eigenvalue weighted by atomic mass is 127. The molecule has 1 aromatic carbocycles.